The predicted octanol–water partition coefficient (Wildman–Crippen LogP) is 10.4. The number of halogens is 2. The number of nitriles is 1. The van der Waals surface area contributed by atoms with Gasteiger partial charge in [-0.1, -0.05) is 49.9 Å². The second-order valence-electron chi connectivity index (χ2n) is 11.8. The van der Waals surface area contributed by atoms with Gasteiger partial charge < -0.3 is 18.9 Å². The molecule has 0 aliphatic heterocycles. The van der Waals surface area contributed by atoms with E-state index in [1.54, 1.807) is 48.5 Å². The third kappa shape index (κ3) is 11.6. The van der Waals surface area contributed by atoms with Gasteiger partial charge in [-0.05, 0) is 160 Å². The lowest BCUT2D eigenvalue weighted by Gasteiger charge is -2.12. The van der Waals surface area contributed by atoms with Crippen LogP contribution in [-0.2, 0) is 4.74 Å². The molecule has 264 valence electrons. The van der Waals surface area contributed by atoms with Crippen LogP contribution in [0.15, 0.2) is 115 Å². The van der Waals surface area contributed by atoms with E-state index >= 15 is 0 Å². The number of esters is 3. The summed E-state index contributed by atoms with van der Waals surface area (Å²) in [5.74, 6) is -0.945. The van der Waals surface area contributed by atoms with E-state index in [0.717, 1.165) is 56.1 Å². The van der Waals surface area contributed by atoms with Crippen LogP contribution in [0.2, 0.25) is 0 Å². The molecule has 0 radical (unpaired) electrons. The number of nitrogens with zero attached hydrogens (tertiary/aromatic N) is 1. The highest BCUT2D eigenvalue weighted by molar-refractivity contribution is 14.1. The average molecular weight is 920 g/mol. The van der Waals surface area contributed by atoms with E-state index in [1.807, 2.05) is 48.5 Å². The summed E-state index contributed by atoms with van der Waals surface area (Å²) in [5, 5.41) is 8.98. The Labute approximate surface area is 330 Å². The highest BCUT2D eigenvalue weighted by Gasteiger charge is 2.20. The van der Waals surface area contributed by atoms with Gasteiger partial charge in [-0.25, -0.2) is 14.4 Å². The zero-order valence-corrected chi connectivity index (χ0v) is 32.5. The molecule has 5 aromatic carbocycles. The molecule has 10 heteroatoms. The average Bonchev–Trinajstić information content (AvgIpc) is 3.16. The van der Waals surface area contributed by atoms with Gasteiger partial charge in [0.05, 0.1) is 36.0 Å². The lowest BCUT2D eigenvalue weighted by molar-refractivity contribution is 0.0490. The summed E-state index contributed by atoms with van der Waals surface area (Å²) in [6, 6.07) is 35.6. The van der Waals surface area contributed by atoms with Crippen molar-refractivity contribution in [2.45, 2.75) is 38.5 Å². The molecule has 0 aromatic heterocycles. The lowest BCUT2D eigenvalue weighted by Crippen LogP contribution is -2.14. The number of unbranched alkanes of at least 4 members (excludes halogenated alkanes) is 5. The number of hydrogen-bond donors (Lipinski definition) is 0. The van der Waals surface area contributed by atoms with Crippen molar-refractivity contribution in [3.8, 4) is 34.4 Å². The highest BCUT2D eigenvalue weighted by atomic mass is 127. The summed E-state index contributed by atoms with van der Waals surface area (Å²) in [5.41, 5.74) is 3.43. The zero-order chi connectivity index (χ0) is 36.7. The standard InChI is InChI=1S/C42H35I2NO7/c43-34-17-11-32(12-18-34)40(46)51-37-23-24-39(52-41(47)33-13-19-35(44)20-14-33)38(27-37)42(48)50-26-6-4-2-1-3-5-25-49-36-21-15-31(16-22-36)30-9-7-29(28-45)8-10-30/h7-24,27H,1-6,25-26H2. The van der Waals surface area contributed by atoms with Crippen LogP contribution in [0.3, 0.4) is 0 Å². The Morgan fingerprint density at radius 3 is 1.62 bits per heavy atom. The molecule has 52 heavy (non-hydrogen) atoms. The van der Waals surface area contributed by atoms with Crippen LogP contribution in [-0.4, -0.2) is 31.1 Å². The molecule has 0 bridgehead atoms. The van der Waals surface area contributed by atoms with Crippen molar-refractivity contribution in [1.29, 1.82) is 5.26 Å². The minimum Gasteiger partial charge on any atom is -0.494 e. The van der Waals surface area contributed by atoms with Gasteiger partial charge >= 0.3 is 17.9 Å². The summed E-state index contributed by atoms with van der Waals surface area (Å²) < 4.78 is 24.5. The molecule has 0 saturated heterocycles. The molecule has 0 amide bonds. The minimum atomic E-state index is -0.681. The molecule has 0 spiro atoms. The van der Waals surface area contributed by atoms with Gasteiger partial charge in [-0.3, -0.25) is 0 Å². The Hall–Kier alpha value is -4.74. The third-order valence-electron chi connectivity index (χ3n) is 7.99. The van der Waals surface area contributed by atoms with Crippen molar-refractivity contribution in [1.82, 2.24) is 0 Å². The van der Waals surface area contributed by atoms with Crippen molar-refractivity contribution in [2.24, 2.45) is 0 Å². The number of rotatable bonds is 16. The van der Waals surface area contributed by atoms with Crippen LogP contribution in [0.4, 0.5) is 0 Å². The van der Waals surface area contributed by atoms with Crippen LogP contribution < -0.4 is 14.2 Å². The molecule has 0 saturated carbocycles. The van der Waals surface area contributed by atoms with Gasteiger partial charge in [0.1, 0.15) is 22.8 Å². The molecule has 8 nitrogen and oxygen atoms in total. The fraction of sp³-hybridized carbons (Fsp3) is 0.190. The normalized spacial score (nSPS) is 10.6. The van der Waals surface area contributed by atoms with E-state index in [0.29, 0.717) is 29.7 Å². The van der Waals surface area contributed by atoms with Crippen molar-refractivity contribution >= 4 is 63.1 Å². The van der Waals surface area contributed by atoms with Gasteiger partial charge in [0.15, 0.2) is 0 Å². The Morgan fingerprint density at radius 1 is 0.538 bits per heavy atom. The van der Waals surface area contributed by atoms with E-state index in [9.17, 15) is 14.4 Å². The maximum Gasteiger partial charge on any atom is 0.343 e. The first-order chi connectivity index (χ1) is 25.3. The minimum absolute atomic E-state index is 0.00656. The molecular formula is C42H35I2NO7. The number of benzene rings is 5. The third-order valence-corrected chi connectivity index (χ3v) is 9.42. The second-order valence-corrected chi connectivity index (χ2v) is 14.3. The van der Waals surface area contributed by atoms with Gasteiger partial charge in [-0.15, -0.1) is 0 Å². The first-order valence-corrected chi connectivity index (χ1v) is 18.9. The van der Waals surface area contributed by atoms with Crippen molar-refractivity contribution in [3.63, 3.8) is 0 Å². The number of carbonyl (C=O) groups excluding carboxylic acids is 3. The Kier molecular flexibility index (Phi) is 14.6. The molecule has 0 fully saturated rings. The predicted molar refractivity (Wildman–Crippen MR) is 215 cm³/mol. The van der Waals surface area contributed by atoms with Crippen molar-refractivity contribution < 1.29 is 33.3 Å². The first kappa shape index (κ1) is 38.5. The van der Waals surface area contributed by atoms with Crippen LogP contribution in [0.1, 0.15) is 75.2 Å². The van der Waals surface area contributed by atoms with Gasteiger partial charge in [0.25, 0.3) is 0 Å². The summed E-state index contributed by atoms with van der Waals surface area (Å²) >= 11 is 4.29. The molecule has 5 rings (SSSR count). The highest BCUT2D eigenvalue weighted by Crippen LogP contribution is 2.28. The quantitative estimate of drug-likeness (QED) is 0.0416. The second kappa shape index (κ2) is 19.8. The van der Waals surface area contributed by atoms with Crippen molar-refractivity contribution in [2.75, 3.05) is 13.2 Å². The zero-order valence-electron chi connectivity index (χ0n) is 28.2. The van der Waals surface area contributed by atoms with Gasteiger partial charge in [-0.2, -0.15) is 5.26 Å². The van der Waals surface area contributed by atoms with Crippen LogP contribution in [0.5, 0.6) is 17.2 Å². The first-order valence-electron chi connectivity index (χ1n) is 16.8. The van der Waals surface area contributed by atoms with Crippen LogP contribution in [0, 0.1) is 18.5 Å². The molecule has 0 N–H and O–H groups in total. The maximum atomic E-state index is 13.2. The summed E-state index contributed by atoms with van der Waals surface area (Å²) in [4.78, 5) is 38.8. The molecule has 0 atom stereocenters. The number of ether oxygens (including phenoxy) is 4. The van der Waals surface area contributed by atoms with Crippen LogP contribution in [0.25, 0.3) is 11.1 Å². The van der Waals surface area contributed by atoms with Gasteiger partial charge in [0, 0.05) is 7.14 Å². The van der Waals surface area contributed by atoms with E-state index < -0.39 is 17.9 Å². The Morgan fingerprint density at radius 2 is 1.04 bits per heavy atom. The van der Waals surface area contributed by atoms with E-state index in [1.165, 1.54) is 18.2 Å². The van der Waals surface area contributed by atoms with Crippen molar-refractivity contribution in [3.05, 3.63) is 145 Å². The summed E-state index contributed by atoms with van der Waals surface area (Å²) in [7, 11) is 0. The molecule has 5 aromatic rings. The van der Waals surface area contributed by atoms with Gasteiger partial charge in [0.2, 0.25) is 0 Å². The maximum absolute atomic E-state index is 13.2. The smallest absolute Gasteiger partial charge is 0.343 e. The molecule has 0 aliphatic rings. The fourth-order valence-electron chi connectivity index (χ4n) is 5.14. The van der Waals surface area contributed by atoms with Crippen LogP contribution >= 0.6 is 45.2 Å². The Balaban J connectivity index is 1.05. The van der Waals surface area contributed by atoms with E-state index in [-0.39, 0.29) is 23.7 Å². The largest absolute Gasteiger partial charge is 0.494 e. The molecule has 0 heterocycles. The molecular weight excluding hydrogens is 884 g/mol. The van der Waals surface area contributed by atoms with E-state index in [4.69, 9.17) is 24.2 Å². The number of hydrogen-bond acceptors (Lipinski definition) is 8. The fourth-order valence-corrected chi connectivity index (χ4v) is 5.86. The summed E-state index contributed by atoms with van der Waals surface area (Å²) in [6.07, 6.45) is 5.52. The van der Waals surface area contributed by atoms with E-state index in [2.05, 4.69) is 51.3 Å². The molecule has 0 unspecified atom stereocenters. The lowest BCUT2D eigenvalue weighted by atomic mass is 10.0. The number of carbonyl (C=O) groups is 3. The monoisotopic (exact) mass is 919 g/mol. The summed E-state index contributed by atoms with van der Waals surface area (Å²) in [6.45, 7) is 0.820. The molecule has 0 aliphatic carbocycles. The Bertz CT molecular complexity index is 2010. The SMILES string of the molecule is N#Cc1ccc(-c2ccc(OCCCCCCCCOC(=O)c3cc(OC(=O)c4ccc(I)cc4)ccc3OC(=O)c3ccc(I)cc3)cc2)cc1. The topological polar surface area (TPSA) is 112 Å².